The minimum Gasteiger partial charge on any atom is -0.313 e. The van der Waals surface area contributed by atoms with Crippen LogP contribution >= 0.6 is 11.3 Å². The molecule has 16 heavy (non-hydrogen) atoms. The smallest absolute Gasteiger partial charge is 0.169 e. The Morgan fingerprint density at radius 3 is 2.81 bits per heavy atom. The van der Waals surface area contributed by atoms with Gasteiger partial charge in [-0.3, -0.25) is 0 Å². The highest BCUT2D eigenvalue weighted by molar-refractivity contribution is 7.13. The summed E-state index contributed by atoms with van der Waals surface area (Å²) in [6.07, 6.45) is 1.92. The van der Waals surface area contributed by atoms with Gasteiger partial charge in [0.15, 0.2) is 5.82 Å². The molecule has 0 amide bonds. The van der Waals surface area contributed by atoms with E-state index in [1.165, 1.54) is 0 Å². The Balaban J connectivity index is 2.37. The average Bonchev–Trinajstić information content (AvgIpc) is 2.81. The van der Waals surface area contributed by atoms with Crippen LogP contribution in [0.3, 0.4) is 0 Å². The van der Waals surface area contributed by atoms with Crippen LogP contribution in [0.5, 0.6) is 0 Å². The van der Waals surface area contributed by atoms with Crippen LogP contribution in [0.25, 0.3) is 10.7 Å². The third-order valence-corrected chi connectivity index (χ3v) is 3.52. The van der Waals surface area contributed by atoms with Gasteiger partial charge < -0.3 is 5.32 Å². The summed E-state index contributed by atoms with van der Waals surface area (Å²) in [4.78, 5) is 10.1. The van der Waals surface area contributed by atoms with Crippen molar-refractivity contribution in [3.63, 3.8) is 0 Å². The first-order valence-electron chi connectivity index (χ1n) is 5.27. The van der Waals surface area contributed by atoms with Gasteiger partial charge in [-0.15, -0.1) is 11.3 Å². The van der Waals surface area contributed by atoms with Gasteiger partial charge in [-0.2, -0.15) is 0 Å². The topological polar surface area (TPSA) is 37.8 Å². The molecule has 0 saturated carbocycles. The Labute approximate surface area is 99.6 Å². The minimum absolute atomic E-state index is 0.289. The van der Waals surface area contributed by atoms with Gasteiger partial charge in [-0.25, -0.2) is 9.97 Å². The van der Waals surface area contributed by atoms with E-state index in [0.717, 1.165) is 22.0 Å². The van der Waals surface area contributed by atoms with E-state index < -0.39 is 0 Å². The number of nitrogens with zero attached hydrogens (tertiary/aromatic N) is 2. The van der Waals surface area contributed by atoms with Crippen LogP contribution in [0.4, 0.5) is 0 Å². The maximum Gasteiger partial charge on any atom is 0.169 e. The molecule has 0 aliphatic rings. The highest BCUT2D eigenvalue weighted by Gasteiger charge is 2.10. The lowest BCUT2D eigenvalue weighted by molar-refractivity contribution is 0.641. The van der Waals surface area contributed by atoms with Crippen LogP contribution < -0.4 is 5.32 Å². The van der Waals surface area contributed by atoms with Crippen LogP contribution in [0, 0.1) is 6.92 Å². The van der Waals surface area contributed by atoms with Crippen molar-refractivity contribution in [3.8, 4) is 10.7 Å². The minimum atomic E-state index is 0.289. The van der Waals surface area contributed by atoms with Gasteiger partial charge >= 0.3 is 0 Å². The molecule has 0 bridgehead atoms. The molecule has 1 atom stereocenters. The molecule has 0 fully saturated rings. The second kappa shape index (κ2) is 4.72. The lowest BCUT2D eigenvalue weighted by Crippen LogP contribution is -2.14. The highest BCUT2D eigenvalue weighted by Crippen LogP contribution is 2.23. The molecule has 1 unspecified atom stereocenters. The quantitative estimate of drug-likeness (QED) is 0.885. The molecule has 0 aliphatic carbocycles. The van der Waals surface area contributed by atoms with Gasteiger partial charge in [-0.1, -0.05) is 6.07 Å². The first-order chi connectivity index (χ1) is 7.72. The predicted octanol–water partition coefficient (Wildman–Crippen LogP) is 2.79. The van der Waals surface area contributed by atoms with Crippen molar-refractivity contribution in [2.45, 2.75) is 19.9 Å². The van der Waals surface area contributed by atoms with Crippen molar-refractivity contribution in [1.82, 2.24) is 15.3 Å². The van der Waals surface area contributed by atoms with Crippen molar-refractivity contribution in [2.24, 2.45) is 0 Å². The van der Waals surface area contributed by atoms with Crippen molar-refractivity contribution in [2.75, 3.05) is 7.05 Å². The molecule has 0 spiro atoms. The second-order valence-corrected chi connectivity index (χ2v) is 4.67. The van der Waals surface area contributed by atoms with E-state index in [1.807, 2.05) is 37.7 Å². The summed E-state index contributed by atoms with van der Waals surface area (Å²) in [5, 5.41) is 5.24. The zero-order chi connectivity index (χ0) is 11.5. The van der Waals surface area contributed by atoms with Gasteiger partial charge in [0, 0.05) is 23.5 Å². The van der Waals surface area contributed by atoms with Crippen molar-refractivity contribution >= 4 is 11.3 Å². The van der Waals surface area contributed by atoms with Gasteiger partial charge in [0.25, 0.3) is 0 Å². The number of hydrogen-bond acceptors (Lipinski definition) is 4. The lowest BCUT2D eigenvalue weighted by Gasteiger charge is -2.12. The lowest BCUT2D eigenvalue weighted by atomic mass is 10.1. The molecule has 0 saturated heterocycles. The molecule has 4 heteroatoms. The van der Waals surface area contributed by atoms with E-state index in [2.05, 4.69) is 22.2 Å². The van der Waals surface area contributed by atoms with Crippen molar-refractivity contribution in [3.05, 3.63) is 35.0 Å². The Morgan fingerprint density at radius 1 is 1.44 bits per heavy atom. The monoisotopic (exact) mass is 233 g/mol. The Morgan fingerprint density at radius 2 is 2.25 bits per heavy atom. The molecule has 2 heterocycles. The predicted molar refractivity (Wildman–Crippen MR) is 67.6 cm³/mol. The summed E-state index contributed by atoms with van der Waals surface area (Å²) in [6, 6.07) is 4.35. The number of nitrogens with one attached hydrogen (secondary N) is 1. The normalized spacial score (nSPS) is 12.7. The van der Waals surface area contributed by atoms with E-state index in [1.54, 1.807) is 11.3 Å². The average molecular weight is 233 g/mol. The molecule has 0 radical (unpaired) electrons. The van der Waals surface area contributed by atoms with Crippen molar-refractivity contribution in [1.29, 1.82) is 0 Å². The fourth-order valence-corrected chi connectivity index (χ4v) is 2.25. The molecule has 2 aromatic heterocycles. The summed E-state index contributed by atoms with van der Waals surface area (Å²) in [7, 11) is 1.94. The maximum absolute atomic E-state index is 4.54. The molecular weight excluding hydrogens is 218 g/mol. The standard InChI is InChI=1S/C12H15N3S/c1-8(13-3)10-7-14-12(15-9(10)2)11-5-4-6-16-11/h4-8,13H,1-3H3. The van der Waals surface area contributed by atoms with Gasteiger partial charge in [-0.05, 0) is 32.3 Å². The third-order valence-electron chi connectivity index (χ3n) is 2.66. The Bertz CT molecular complexity index is 465. The maximum atomic E-state index is 4.54. The molecule has 0 aliphatic heterocycles. The number of thiophene rings is 1. The Hall–Kier alpha value is -1.26. The number of aryl methyl sites for hydroxylation is 1. The van der Waals surface area contributed by atoms with Crippen LogP contribution in [-0.2, 0) is 0 Å². The highest BCUT2D eigenvalue weighted by atomic mass is 32.1. The summed E-state index contributed by atoms with van der Waals surface area (Å²) in [5.74, 6) is 0.819. The van der Waals surface area contributed by atoms with Gasteiger partial charge in [0.1, 0.15) is 0 Å². The van der Waals surface area contributed by atoms with E-state index >= 15 is 0 Å². The number of rotatable bonds is 3. The second-order valence-electron chi connectivity index (χ2n) is 3.72. The largest absolute Gasteiger partial charge is 0.313 e. The fourth-order valence-electron chi connectivity index (χ4n) is 1.58. The van der Waals surface area contributed by atoms with Crippen LogP contribution in [0.15, 0.2) is 23.7 Å². The van der Waals surface area contributed by atoms with Crippen LogP contribution in [0.2, 0.25) is 0 Å². The molecule has 2 aromatic rings. The van der Waals surface area contributed by atoms with Crippen LogP contribution in [-0.4, -0.2) is 17.0 Å². The first-order valence-corrected chi connectivity index (χ1v) is 6.15. The molecule has 1 N–H and O–H groups in total. The summed E-state index contributed by atoms with van der Waals surface area (Å²) in [6.45, 7) is 4.14. The first kappa shape index (κ1) is 11.2. The summed E-state index contributed by atoms with van der Waals surface area (Å²) >= 11 is 1.66. The molecular formula is C12H15N3S. The van der Waals surface area contributed by atoms with Gasteiger partial charge in [0.05, 0.1) is 4.88 Å². The number of aromatic nitrogens is 2. The zero-order valence-corrected chi connectivity index (χ0v) is 10.5. The van der Waals surface area contributed by atoms with E-state index in [-0.39, 0.29) is 6.04 Å². The third kappa shape index (κ3) is 2.13. The van der Waals surface area contributed by atoms with Gasteiger partial charge in [0.2, 0.25) is 0 Å². The van der Waals surface area contributed by atoms with E-state index in [4.69, 9.17) is 0 Å². The molecule has 84 valence electrons. The summed E-state index contributed by atoms with van der Waals surface area (Å²) < 4.78 is 0. The van der Waals surface area contributed by atoms with E-state index in [9.17, 15) is 0 Å². The molecule has 2 rings (SSSR count). The number of hydrogen-bond donors (Lipinski definition) is 1. The van der Waals surface area contributed by atoms with Crippen molar-refractivity contribution < 1.29 is 0 Å². The zero-order valence-electron chi connectivity index (χ0n) is 9.69. The Kier molecular flexibility index (Phi) is 3.31. The van der Waals surface area contributed by atoms with Crippen LogP contribution in [0.1, 0.15) is 24.2 Å². The molecule has 3 nitrogen and oxygen atoms in total. The van der Waals surface area contributed by atoms with E-state index in [0.29, 0.717) is 0 Å². The fraction of sp³-hybridized carbons (Fsp3) is 0.333. The SMILES string of the molecule is CNC(C)c1cnc(-c2cccs2)nc1C. The summed E-state index contributed by atoms with van der Waals surface area (Å²) in [5.41, 5.74) is 2.20. The molecule has 0 aromatic carbocycles.